The minimum absolute atomic E-state index is 0.172. The second-order valence-electron chi connectivity index (χ2n) is 3.82. The third-order valence-corrected chi connectivity index (χ3v) is 4.00. The molecule has 0 atom stereocenters. The van der Waals surface area contributed by atoms with Crippen LogP contribution in [0.3, 0.4) is 0 Å². The van der Waals surface area contributed by atoms with Crippen molar-refractivity contribution in [2.24, 2.45) is 4.99 Å². The first-order valence-corrected chi connectivity index (χ1v) is 7.10. The topological polar surface area (TPSA) is 51.5 Å². The number of ether oxygens (including phenoxy) is 1. The molecule has 100 valence electrons. The van der Waals surface area contributed by atoms with Gasteiger partial charge >= 0.3 is 5.97 Å². The van der Waals surface area contributed by atoms with Crippen molar-refractivity contribution < 1.29 is 9.53 Å². The Kier molecular flexibility index (Phi) is 3.56. The Labute approximate surface area is 128 Å². The van der Waals surface area contributed by atoms with Crippen molar-refractivity contribution in [3.05, 3.63) is 56.1 Å². The number of rotatable bonds is 2. The van der Waals surface area contributed by atoms with Crippen LogP contribution >= 0.6 is 34.5 Å². The van der Waals surface area contributed by atoms with E-state index in [1.807, 2.05) is 30.3 Å². The molecule has 0 radical (unpaired) electrons. The number of thiazole rings is 1. The molecule has 3 rings (SSSR count). The highest BCUT2D eigenvalue weighted by molar-refractivity contribution is 7.17. The summed E-state index contributed by atoms with van der Waals surface area (Å²) >= 11 is 12.8. The molecule has 1 aromatic heterocycles. The zero-order chi connectivity index (χ0) is 14.1. The van der Waals surface area contributed by atoms with Gasteiger partial charge in [-0.2, -0.15) is 0 Å². The number of nitrogens with zero attached hydrogens (tertiary/aromatic N) is 2. The van der Waals surface area contributed by atoms with Gasteiger partial charge in [0.15, 0.2) is 10.2 Å². The van der Waals surface area contributed by atoms with Crippen LogP contribution in [0, 0.1) is 0 Å². The van der Waals surface area contributed by atoms with Gasteiger partial charge in [-0.25, -0.2) is 14.8 Å². The Bertz CT molecular complexity index is 738. The highest BCUT2D eigenvalue weighted by atomic mass is 35.5. The Morgan fingerprint density at radius 3 is 2.60 bits per heavy atom. The zero-order valence-electron chi connectivity index (χ0n) is 9.84. The molecule has 1 aliphatic rings. The van der Waals surface area contributed by atoms with Gasteiger partial charge in [-0.1, -0.05) is 41.4 Å². The molecular weight excluding hydrogens is 319 g/mol. The first-order chi connectivity index (χ1) is 9.63. The van der Waals surface area contributed by atoms with Gasteiger partial charge in [0.2, 0.25) is 5.90 Å². The van der Waals surface area contributed by atoms with Crippen molar-refractivity contribution in [1.82, 2.24) is 4.98 Å². The molecule has 0 saturated heterocycles. The number of aliphatic imine (C=N–C) groups is 1. The van der Waals surface area contributed by atoms with Crippen molar-refractivity contribution in [3.63, 3.8) is 0 Å². The lowest BCUT2D eigenvalue weighted by atomic mass is 10.2. The number of esters is 1. The third-order valence-electron chi connectivity index (χ3n) is 2.49. The number of cyclic esters (lactones) is 1. The minimum atomic E-state index is -0.524. The van der Waals surface area contributed by atoms with E-state index in [9.17, 15) is 4.79 Å². The van der Waals surface area contributed by atoms with Gasteiger partial charge in [0.05, 0.1) is 4.88 Å². The summed E-state index contributed by atoms with van der Waals surface area (Å²) < 4.78 is 5.44. The third kappa shape index (κ3) is 2.60. The first-order valence-electron chi connectivity index (χ1n) is 5.53. The fraction of sp³-hybridized carbons (Fsp3) is 0. The lowest BCUT2D eigenvalue weighted by Gasteiger charge is -1.97. The van der Waals surface area contributed by atoms with E-state index >= 15 is 0 Å². The predicted octanol–water partition coefficient (Wildman–Crippen LogP) is 3.79. The van der Waals surface area contributed by atoms with Crippen LogP contribution in [0.25, 0.3) is 6.08 Å². The number of aromatic nitrogens is 1. The summed E-state index contributed by atoms with van der Waals surface area (Å²) in [4.78, 5) is 20.4. The molecule has 0 spiro atoms. The molecule has 1 aromatic carbocycles. The Morgan fingerprint density at radius 2 is 1.95 bits per heavy atom. The highest BCUT2D eigenvalue weighted by Crippen LogP contribution is 2.30. The Balaban J connectivity index is 1.97. The van der Waals surface area contributed by atoms with E-state index in [0.717, 1.165) is 5.56 Å². The van der Waals surface area contributed by atoms with E-state index in [4.69, 9.17) is 27.9 Å². The van der Waals surface area contributed by atoms with Gasteiger partial charge in [0.1, 0.15) is 5.15 Å². The number of halogens is 2. The summed E-state index contributed by atoms with van der Waals surface area (Å²) in [5, 5.41) is 0.240. The van der Waals surface area contributed by atoms with Crippen molar-refractivity contribution in [2.75, 3.05) is 0 Å². The second-order valence-corrected chi connectivity index (χ2v) is 5.79. The molecule has 0 unspecified atom stereocenters. The van der Waals surface area contributed by atoms with Gasteiger partial charge in [-0.15, -0.1) is 11.3 Å². The highest BCUT2D eigenvalue weighted by Gasteiger charge is 2.24. The van der Waals surface area contributed by atoms with Crippen molar-refractivity contribution in [2.45, 2.75) is 0 Å². The SMILES string of the molecule is O=C1OC(c2ccccc2)=NC1=Cc1sc(Cl)nc1Cl. The Hall–Kier alpha value is -1.69. The molecule has 1 aliphatic heterocycles. The molecule has 0 saturated carbocycles. The van der Waals surface area contributed by atoms with Crippen LogP contribution in [-0.4, -0.2) is 16.9 Å². The van der Waals surface area contributed by atoms with E-state index < -0.39 is 5.97 Å². The molecule has 0 amide bonds. The first kappa shape index (κ1) is 13.3. The normalized spacial score (nSPS) is 16.4. The Morgan fingerprint density at radius 1 is 1.20 bits per heavy atom. The summed E-state index contributed by atoms with van der Waals surface area (Å²) in [5.74, 6) is -0.252. The van der Waals surface area contributed by atoms with Crippen molar-refractivity contribution >= 4 is 52.5 Å². The number of hydrogen-bond acceptors (Lipinski definition) is 5. The van der Waals surface area contributed by atoms with E-state index in [0.29, 0.717) is 9.34 Å². The minimum Gasteiger partial charge on any atom is -0.402 e. The van der Waals surface area contributed by atoms with Crippen LogP contribution in [0.5, 0.6) is 0 Å². The second kappa shape index (κ2) is 5.36. The molecule has 20 heavy (non-hydrogen) atoms. The summed E-state index contributed by atoms with van der Waals surface area (Å²) in [5.41, 5.74) is 0.906. The van der Waals surface area contributed by atoms with Gasteiger partial charge < -0.3 is 4.74 Å². The van der Waals surface area contributed by atoms with Gasteiger partial charge in [-0.3, -0.25) is 0 Å². The van der Waals surface area contributed by atoms with Crippen LogP contribution in [0.1, 0.15) is 10.4 Å². The van der Waals surface area contributed by atoms with E-state index in [1.165, 1.54) is 17.4 Å². The quantitative estimate of drug-likeness (QED) is 0.623. The molecule has 0 aliphatic carbocycles. The number of hydrogen-bond donors (Lipinski definition) is 0. The molecule has 2 aromatic rings. The maximum absolute atomic E-state index is 11.8. The molecule has 0 fully saturated rings. The summed E-state index contributed by atoms with van der Waals surface area (Å²) in [6.45, 7) is 0. The average Bonchev–Trinajstić information content (AvgIpc) is 2.95. The largest absolute Gasteiger partial charge is 0.402 e. The predicted molar refractivity (Wildman–Crippen MR) is 79.2 cm³/mol. The van der Waals surface area contributed by atoms with E-state index in [-0.39, 0.29) is 16.7 Å². The van der Waals surface area contributed by atoms with Crippen LogP contribution in [0.15, 0.2) is 41.0 Å². The summed E-state index contributed by atoms with van der Waals surface area (Å²) in [6, 6.07) is 9.17. The standard InChI is InChI=1S/C13H6Cl2N2O2S/c14-10-9(20-13(15)17-10)6-8-12(18)19-11(16-8)7-4-2-1-3-5-7/h1-6H. The number of benzene rings is 1. The average molecular weight is 325 g/mol. The summed E-state index contributed by atoms with van der Waals surface area (Å²) in [7, 11) is 0. The molecule has 0 bridgehead atoms. The van der Waals surface area contributed by atoms with Crippen molar-refractivity contribution in [1.29, 1.82) is 0 Å². The van der Waals surface area contributed by atoms with Crippen LogP contribution in [0.2, 0.25) is 9.62 Å². The molecular formula is C13H6Cl2N2O2S. The van der Waals surface area contributed by atoms with Crippen molar-refractivity contribution in [3.8, 4) is 0 Å². The number of carbonyl (C=O) groups excluding carboxylic acids is 1. The van der Waals surface area contributed by atoms with E-state index in [1.54, 1.807) is 0 Å². The molecule has 2 heterocycles. The fourth-order valence-corrected chi connectivity index (χ4v) is 2.92. The maximum atomic E-state index is 11.8. The molecule has 0 N–H and O–H groups in total. The zero-order valence-corrected chi connectivity index (χ0v) is 12.2. The number of carbonyl (C=O) groups is 1. The lowest BCUT2D eigenvalue weighted by Crippen LogP contribution is -2.04. The van der Waals surface area contributed by atoms with Crippen LogP contribution in [0.4, 0.5) is 0 Å². The molecule has 4 nitrogen and oxygen atoms in total. The smallest absolute Gasteiger partial charge is 0.363 e. The van der Waals surface area contributed by atoms with Gasteiger partial charge in [0, 0.05) is 5.56 Å². The van der Waals surface area contributed by atoms with Crippen LogP contribution in [-0.2, 0) is 9.53 Å². The van der Waals surface area contributed by atoms with Gasteiger partial charge in [0.25, 0.3) is 0 Å². The summed E-state index contributed by atoms with van der Waals surface area (Å²) in [6.07, 6.45) is 1.52. The maximum Gasteiger partial charge on any atom is 0.363 e. The van der Waals surface area contributed by atoms with Crippen LogP contribution < -0.4 is 0 Å². The monoisotopic (exact) mass is 324 g/mol. The van der Waals surface area contributed by atoms with Gasteiger partial charge in [-0.05, 0) is 18.2 Å². The van der Waals surface area contributed by atoms with E-state index in [2.05, 4.69) is 9.98 Å². The fourth-order valence-electron chi connectivity index (χ4n) is 1.61. The lowest BCUT2D eigenvalue weighted by molar-refractivity contribution is -0.129. The molecule has 7 heteroatoms.